The minimum Gasteiger partial charge on any atom is -0.507 e. The van der Waals surface area contributed by atoms with Gasteiger partial charge in [0.15, 0.2) is 5.78 Å². The molecular formula is C19H20O6. The first-order chi connectivity index (χ1) is 12.0. The average molecular weight is 344 g/mol. The number of aromatic hydroxyl groups is 1. The summed E-state index contributed by atoms with van der Waals surface area (Å²) < 4.78 is 20.7. The first-order valence-corrected chi connectivity index (χ1v) is 7.43. The predicted molar refractivity (Wildman–Crippen MR) is 94.1 cm³/mol. The number of allylic oxidation sites excluding steroid dienone is 1. The van der Waals surface area contributed by atoms with E-state index >= 15 is 0 Å². The Morgan fingerprint density at radius 1 is 0.880 bits per heavy atom. The van der Waals surface area contributed by atoms with Crippen LogP contribution in [-0.4, -0.2) is 39.3 Å². The fraction of sp³-hybridized carbons (Fsp3) is 0.211. The van der Waals surface area contributed by atoms with E-state index in [9.17, 15) is 9.90 Å². The van der Waals surface area contributed by atoms with E-state index in [4.69, 9.17) is 18.9 Å². The van der Waals surface area contributed by atoms with Crippen LogP contribution in [0, 0.1) is 0 Å². The van der Waals surface area contributed by atoms with Crippen LogP contribution < -0.4 is 18.9 Å². The zero-order valence-corrected chi connectivity index (χ0v) is 14.5. The number of phenols is 1. The summed E-state index contributed by atoms with van der Waals surface area (Å²) in [4.78, 5) is 12.5. The van der Waals surface area contributed by atoms with Crippen LogP contribution in [0.3, 0.4) is 0 Å². The second-order valence-corrected chi connectivity index (χ2v) is 5.03. The van der Waals surface area contributed by atoms with E-state index in [0.717, 1.165) is 0 Å². The summed E-state index contributed by atoms with van der Waals surface area (Å²) >= 11 is 0. The molecule has 2 rings (SSSR count). The van der Waals surface area contributed by atoms with Crippen molar-refractivity contribution in [3.8, 4) is 28.7 Å². The Morgan fingerprint density at radius 2 is 1.52 bits per heavy atom. The minimum atomic E-state index is -0.408. The number of carbonyl (C=O) groups is 1. The van der Waals surface area contributed by atoms with E-state index in [1.165, 1.54) is 39.5 Å². The quantitative estimate of drug-likeness (QED) is 0.613. The van der Waals surface area contributed by atoms with Gasteiger partial charge >= 0.3 is 0 Å². The summed E-state index contributed by atoms with van der Waals surface area (Å²) in [5, 5.41) is 10.1. The van der Waals surface area contributed by atoms with Gasteiger partial charge in [-0.25, -0.2) is 0 Å². The van der Waals surface area contributed by atoms with Crippen LogP contribution in [0.4, 0.5) is 0 Å². The van der Waals surface area contributed by atoms with Crippen molar-refractivity contribution in [2.24, 2.45) is 0 Å². The number of ether oxygens (including phenoxy) is 4. The van der Waals surface area contributed by atoms with Crippen molar-refractivity contribution in [3.63, 3.8) is 0 Å². The highest BCUT2D eigenvalue weighted by Gasteiger charge is 2.17. The molecule has 0 aliphatic rings. The highest BCUT2D eigenvalue weighted by atomic mass is 16.5. The van der Waals surface area contributed by atoms with Crippen molar-refractivity contribution in [3.05, 3.63) is 47.5 Å². The van der Waals surface area contributed by atoms with Gasteiger partial charge in [0, 0.05) is 23.8 Å². The fourth-order valence-corrected chi connectivity index (χ4v) is 2.31. The van der Waals surface area contributed by atoms with Crippen molar-refractivity contribution >= 4 is 11.9 Å². The number of phenolic OH excluding ortho intramolecular Hbond substituents is 1. The second kappa shape index (κ2) is 8.10. The van der Waals surface area contributed by atoms with E-state index in [1.807, 2.05) is 0 Å². The van der Waals surface area contributed by atoms with Gasteiger partial charge in [-0.15, -0.1) is 0 Å². The van der Waals surface area contributed by atoms with Crippen LogP contribution >= 0.6 is 0 Å². The molecule has 0 heterocycles. The molecule has 2 aromatic rings. The molecule has 0 spiro atoms. The fourth-order valence-electron chi connectivity index (χ4n) is 2.31. The molecule has 0 amide bonds. The Morgan fingerprint density at radius 3 is 2.12 bits per heavy atom. The zero-order valence-electron chi connectivity index (χ0n) is 14.5. The van der Waals surface area contributed by atoms with E-state index in [0.29, 0.717) is 22.8 Å². The van der Waals surface area contributed by atoms with Gasteiger partial charge in [0.25, 0.3) is 0 Å². The first-order valence-electron chi connectivity index (χ1n) is 7.43. The van der Waals surface area contributed by atoms with Crippen LogP contribution in [0.2, 0.25) is 0 Å². The number of hydrogen-bond acceptors (Lipinski definition) is 6. The third-order valence-corrected chi connectivity index (χ3v) is 3.61. The Bertz CT molecular complexity index is 795. The van der Waals surface area contributed by atoms with Crippen molar-refractivity contribution < 1.29 is 28.8 Å². The predicted octanol–water partition coefficient (Wildman–Crippen LogP) is 3.32. The molecule has 0 aliphatic heterocycles. The highest BCUT2D eigenvalue weighted by Crippen LogP contribution is 2.34. The van der Waals surface area contributed by atoms with Gasteiger partial charge in [-0.1, -0.05) is 0 Å². The molecule has 2 aromatic carbocycles. The molecule has 6 heteroatoms. The number of benzene rings is 2. The summed E-state index contributed by atoms with van der Waals surface area (Å²) in [7, 11) is 5.98. The first kappa shape index (κ1) is 18.2. The molecule has 0 atom stereocenters. The van der Waals surface area contributed by atoms with Crippen LogP contribution in [0.5, 0.6) is 28.7 Å². The lowest BCUT2D eigenvalue weighted by Gasteiger charge is -2.10. The van der Waals surface area contributed by atoms with Gasteiger partial charge in [-0.3, -0.25) is 4.79 Å². The Balaban J connectivity index is 2.35. The maximum atomic E-state index is 12.5. The largest absolute Gasteiger partial charge is 0.507 e. The van der Waals surface area contributed by atoms with Crippen molar-refractivity contribution in [1.29, 1.82) is 0 Å². The smallest absolute Gasteiger partial charge is 0.193 e. The third kappa shape index (κ3) is 4.03. The molecule has 132 valence electrons. The average Bonchev–Trinajstić information content (AvgIpc) is 2.64. The van der Waals surface area contributed by atoms with Gasteiger partial charge in [0.1, 0.15) is 34.3 Å². The van der Waals surface area contributed by atoms with Crippen LogP contribution in [0.1, 0.15) is 15.9 Å². The van der Waals surface area contributed by atoms with E-state index in [-0.39, 0.29) is 17.1 Å². The van der Waals surface area contributed by atoms with Crippen molar-refractivity contribution in [2.45, 2.75) is 0 Å². The topological polar surface area (TPSA) is 74.2 Å². The molecule has 0 radical (unpaired) electrons. The third-order valence-electron chi connectivity index (χ3n) is 3.61. The summed E-state index contributed by atoms with van der Waals surface area (Å²) in [6.45, 7) is 0. The lowest BCUT2D eigenvalue weighted by molar-refractivity contribution is 0.104. The number of methoxy groups -OCH3 is 4. The van der Waals surface area contributed by atoms with Gasteiger partial charge in [0.05, 0.1) is 28.4 Å². The number of ketones is 1. The number of hydrogen-bond donors (Lipinski definition) is 1. The van der Waals surface area contributed by atoms with Gasteiger partial charge in [-0.2, -0.15) is 0 Å². The zero-order chi connectivity index (χ0) is 18.4. The molecule has 0 bridgehead atoms. The van der Waals surface area contributed by atoms with Crippen LogP contribution in [-0.2, 0) is 0 Å². The monoisotopic (exact) mass is 344 g/mol. The minimum absolute atomic E-state index is 0.0621. The second-order valence-electron chi connectivity index (χ2n) is 5.03. The summed E-state index contributed by atoms with van der Waals surface area (Å²) in [5.41, 5.74) is 0.760. The van der Waals surface area contributed by atoms with Gasteiger partial charge in [-0.05, 0) is 24.3 Å². The number of carbonyl (C=O) groups excluding carboxylic acids is 1. The normalized spacial score (nSPS) is 10.6. The van der Waals surface area contributed by atoms with Crippen molar-refractivity contribution in [2.75, 3.05) is 28.4 Å². The molecule has 0 aliphatic carbocycles. The molecule has 0 unspecified atom stereocenters. The van der Waals surface area contributed by atoms with Crippen LogP contribution in [0.15, 0.2) is 36.4 Å². The molecule has 0 aromatic heterocycles. The molecule has 0 saturated carbocycles. The number of rotatable bonds is 7. The van der Waals surface area contributed by atoms with Crippen molar-refractivity contribution in [1.82, 2.24) is 0 Å². The summed E-state index contributed by atoms with van der Waals surface area (Å²) in [6.07, 6.45) is 2.94. The summed E-state index contributed by atoms with van der Waals surface area (Å²) in [6, 6.07) is 8.15. The maximum Gasteiger partial charge on any atom is 0.193 e. The van der Waals surface area contributed by atoms with Crippen LogP contribution in [0.25, 0.3) is 6.08 Å². The van der Waals surface area contributed by atoms with E-state index in [1.54, 1.807) is 31.4 Å². The highest BCUT2D eigenvalue weighted by molar-refractivity contribution is 6.10. The lowest BCUT2D eigenvalue weighted by atomic mass is 10.1. The van der Waals surface area contributed by atoms with E-state index < -0.39 is 5.78 Å². The molecule has 6 nitrogen and oxygen atoms in total. The molecule has 25 heavy (non-hydrogen) atoms. The van der Waals surface area contributed by atoms with Gasteiger partial charge < -0.3 is 24.1 Å². The Kier molecular flexibility index (Phi) is 5.89. The Hall–Kier alpha value is -3.15. The van der Waals surface area contributed by atoms with E-state index in [2.05, 4.69) is 0 Å². The molecule has 0 fully saturated rings. The molecular weight excluding hydrogens is 324 g/mol. The Labute approximate surface area is 146 Å². The lowest BCUT2D eigenvalue weighted by Crippen LogP contribution is -2.00. The van der Waals surface area contributed by atoms with Gasteiger partial charge in [0.2, 0.25) is 0 Å². The molecule has 1 N–H and O–H groups in total. The molecule has 0 saturated heterocycles. The standard InChI is InChI=1S/C19H20O6/c1-22-13-7-5-12(17(10-13)24-3)6-8-15(20)19-16(21)9-14(23-2)11-18(19)25-4/h5-11,21H,1-4H3/b8-6-. The summed E-state index contributed by atoms with van der Waals surface area (Å²) in [5.74, 6) is 1.21. The SMILES string of the molecule is COc1ccc(/C=C\C(=O)c2c(O)cc(OC)cc2OC)c(OC)c1. The maximum absolute atomic E-state index is 12.5.